The first-order valence-corrected chi connectivity index (χ1v) is 19.5. The molecular weight excluding hydrogens is 703 g/mol. The van der Waals surface area contributed by atoms with Gasteiger partial charge in [-0.05, 0) is 70.3 Å². The number of nitrogens with zero attached hydrogens (tertiary/aromatic N) is 3. The van der Waals surface area contributed by atoms with E-state index in [1.807, 2.05) is 78.1 Å². The molecule has 0 spiro atoms. The van der Waals surface area contributed by atoms with Crippen LogP contribution in [0.1, 0.15) is 0 Å². The second-order valence-electron chi connectivity index (χ2n) is 14.0. The van der Waals surface area contributed by atoms with Gasteiger partial charge in [-0.15, -0.1) is 11.3 Å². The van der Waals surface area contributed by atoms with Crippen molar-refractivity contribution in [3.05, 3.63) is 188 Å². The number of para-hydroxylation sites is 1. The van der Waals surface area contributed by atoms with E-state index < -0.39 is 0 Å². The van der Waals surface area contributed by atoms with Gasteiger partial charge in [0.15, 0.2) is 17.5 Å². The van der Waals surface area contributed by atoms with Crippen LogP contribution in [-0.2, 0) is 0 Å². The maximum atomic E-state index is 6.69. The second kappa shape index (κ2) is 13.3. The molecule has 0 aliphatic carbocycles. The van der Waals surface area contributed by atoms with Gasteiger partial charge in [0.05, 0.1) is 5.56 Å². The minimum Gasteiger partial charge on any atom is -0.455 e. The van der Waals surface area contributed by atoms with Crippen molar-refractivity contribution in [2.24, 2.45) is 0 Å². The zero-order valence-electron chi connectivity index (χ0n) is 30.1. The topological polar surface area (TPSA) is 51.8 Å². The monoisotopic (exact) mass is 733 g/mol. The van der Waals surface area contributed by atoms with Gasteiger partial charge in [0.1, 0.15) is 11.2 Å². The van der Waals surface area contributed by atoms with Gasteiger partial charge in [-0.2, -0.15) is 0 Å². The molecule has 262 valence electrons. The summed E-state index contributed by atoms with van der Waals surface area (Å²) in [5.41, 5.74) is 11.4. The molecule has 5 heteroatoms. The highest BCUT2D eigenvalue weighted by atomic mass is 32.1. The summed E-state index contributed by atoms with van der Waals surface area (Å²) in [5, 5.41) is 4.60. The van der Waals surface area contributed by atoms with Crippen molar-refractivity contribution >= 4 is 53.4 Å². The number of thiophene rings is 1. The average Bonchev–Trinajstić information content (AvgIpc) is 3.85. The molecule has 0 atom stereocenters. The molecule has 0 bridgehead atoms. The fraction of sp³-hybridized carbons (Fsp3) is 0. The molecule has 0 N–H and O–H groups in total. The van der Waals surface area contributed by atoms with Gasteiger partial charge >= 0.3 is 0 Å². The van der Waals surface area contributed by atoms with Gasteiger partial charge in [0, 0.05) is 47.6 Å². The summed E-state index contributed by atoms with van der Waals surface area (Å²) in [4.78, 5) is 14.9. The van der Waals surface area contributed by atoms with Crippen LogP contribution < -0.4 is 0 Å². The lowest BCUT2D eigenvalue weighted by atomic mass is 9.93. The first-order chi connectivity index (χ1) is 27.7. The zero-order chi connectivity index (χ0) is 37.0. The van der Waals surface area contributed by atoms with Crippen LogP contribution in [0.15, 0.2) is 192 Å². The summed E-state index contributed by atoms with van der Waals surface area (Å²) in [6.45, 7) is 0. The van der Waals surface area contributed by atoms with Gasteiger partial charge < -0.3 is 4.42 Å². The van der Waals surface area contributed by atoms with E-state index in [2.05, 4.69) is 121 Å². The predicted molar refractivity (Wildman–Crippen MR) is 233 cm³/mol. The molecule has 0 amide bonds. The van der Waals surface area contributed by atoms with Gasteiger partial charge in [0.25, 0.3) is 0 Å². The van der Waals surface area contributed by atoms with Gasteiger partial charge in [-0.1, -0.05) is 146 Å². The summed E-state index contributed by atoms with van der Waals surface area (Å²) < 4.78 is 9.26. The lowest BCUT2D eigenvalue weighted by molar-refractivity contribution is 0.669. The molecule has 0 saturated carbocycles. The Kier molecular flexibility index (Phi) is 7.64. The highest BCUT2D eigenvalue weighted by molar-refractivity contribution is 7.26. The minimum absolute atomic E-state index is 0.569. The van der Waals surface area contributed by atoms with Crippen LogP contribution in [0.5, 0.6) is 0 Å². The maximum Gasteiger partial charge on any atom is 0.167 e. The van der Waals surface area contributed by atoms with Crippen molar-refractivity contribution in [3.63, 3.8) is 0 Å². The Hall–Kier alpha value is -7.21. The number of fused-ring (bicyclic) bond motifs is 6. The smallest absolute Gasteiger partial charge is 0.167 e. The van der Waals surface area contributed by atoms with Crippen LogP contribution in [0.2, 0.25) is 0 Å². The van der Waals surface area contributed by atoms with E-state index in [-0.39, 0.29) is 0 Å². The third-order valence-corrected chi connectivity index (χ3v) is 11.7. The van der Waals surface area contributed by atoms with Crippen LogP contribution in [0.4, 0.5) is 0 Å². The summed E-state index contributed by atoms with van der Waals surface area (Å²) in [6.07, 6.45) is 0. The maximum absolute atomic E-state index is 6.69. The van der Waals surface area contributed by atoms with Crippen molar-refractivity contribution in [1.29, 1.82) is 0 Å². The SMILES string of the molecule is c1ccc(-c2cccc(-c3cc(-c4ccc5oc6c(-c7nc(-c8ccccc8)nc(-c8ccccc8)n7)cccc6c5c4)cc4c3sc3ccccc34)c2)cc1. The molecule has 11 aromatic rings. The van der Waals surface area contributed by atoms with Crippen molar-refractivity contribution in [3.8, 4) is 67.5 Å². The first-order valence-electron chi connectivity index (χ1n) is 18.7. The van der Waals surface area contributed by atoms with Crippen LogP contribution in [0.3, 0.4) is 0 Å². The number of hydrogen-bond donors (Lipinski definition) is 0. The van der Waals surface area contributed by atoms with E-state index in [4.69, 9.17) is 19.4 Å². The number of benzene rings is 8. The number of hydrogen-bond acceptors (Lipinski definition) is 5. The Morgan fingerprint density at radius 1 is 0.339 bits per heavy atom. The molecular formula is C51H31N3OS. The highest BCUT2D eigenvalue weighted by Gasteiger charge is 2.19. The van der Waals surface area contributed by atoms with E-state index >= 15 is 0 Å². The van der Waals surface area contributed by atoms with Crippen molar-refractivity contribution in [2.75, 3.05) is 0 Å². The second-order valence-corrected chi connectivity index (χ2v) is 15.0. The lowest BCUT2D eigenvalue weighted by Crippen LogP contribution is -2.00. The molecule has 3 heterocycles. The Labute approximate surface area is 327 Å². The van der Waals surface area contributed by atoms with Crippen LogP contribution in [-0.4, -0.2) is 15.0 Å². The standard InChI is InChI=1S/C51H31N3OS/c1-4-14-32(15-5-1)35-20-12-21-37(28-35)42-30-38(31-44-39-22-10-11-25-46(39)56-48(42)44)36-26-27-45-43(29-36)40-23-13-24-41(47(40)55-45)51-53-49(33-16-6-2-7-17-33)52-50(54-51)34-18-8-3-9-19-34/h1-31H. The fourth-order valence-electron chi connectivity index (χ4n) is 7.79. The molecule has 0 fully saturated rings. The summed E-state index contributed by atoms with van der Waals surface area (Å²) in [6, 6.07) is 65.8. The van der Waals surface area contributed by atoms with Crippen LogP contribution >= 0.6 is 11.3 Å². The third kappa shape index (κ3) is 5.56. The zero-order valence-corrected chi connectivity index (χ0v) is 30.9. The third-order valence-electron chi connectivity index (χ3n) is 10.5. The Morgan fingerprint density at radius 3 is 1.66 bits per heavy atom. The Bertz CT molecular complexity index is 3180. The largest absolute Gasteiger partial charge is 0.455 e. The molecule has 8 aromatic carbocycles. The van der Waals surface area contributed by atoms with Crippen LogP contribution in [0, 0.1) is 0 Å². The molecule has 0 aliphatic heterocycles. The van der Waals surface area contributed by atoms with Crippen LogP contribution in [0.25, 0.3) is 110 Å². The van der Waals surface area contributed by atoms with E-state index in [0.717, 1.165) is 49.8 Å². The Morgan fingerprint density at radius 2 is 0.911 bits per heavy atom. The minimum atomic E-state index is 0.569. The highest BCUT2D eigenvalue weighted by Crippen LogP contribution is 2.44. The molecule has 3 aromatic heterocycles. The molecule has 0 radical (unpaired) electrons. The number of rotatable bonds is 6. The molecule has 0 saturated heterocycles. The Balaban J connectivity index is 1.08. The van der Waals surface area contributed by atoms with E-state index in [9.17, 15) is 0 Å². The molecule has 0 aliphatic rings. The van der Waals surface area contributed by atoms with Gasteiger partial charge in [0.2, 0.25) is 0 Å². The number of furan rings is 1. The van der Waals surface area contributed by atoms with Crippen molar-refractivity contribution < 1.29 is 4.42 Å². The van der Waals surface area contributed by atoms with E-state index in [1.165, 1.54) is 42.4 Å². The lowest BCUT2D eigenvalue weighted by Gasteiger charge is -2.11. The van der Waals surface area contributed by atoms with E-state index in [1.54, 1.807) is 0 Å². The molecule has 11 rings (SSSR count). The first kappa shape index (κ1) is 32.2. The molecule has 4 nitrogen and oxygen atoms in total. The van der Waals surface area contributed by atoms with Crippen molar-refractivity contribution in [2.45, 2.75) is 0 Å². The predicted octanol–water partition coefficient (Wildman–Crippen LogP) is 14.1. The number of aromatic nitrogens is 3. The summed E-state index contributed by atoms with van der Waals surface area (Å²) in [5.74, 6) is 1.80. The van der Waals surface area contributed by atoms with Gasteiger partial charge in [-0.3, -0.25) is 0 Å². The molecule has 0 unspecified atom stereocenters. The van der Waals surface area contributed by atoms with Gasteiger partial charge in [-0.25, -0.2) is 15.0 Å². The van der Waals surface area contributed by atoms with Crippen molar-refractivity contribution in [1.82, 2.24) is 15.0 Å². The molecule has 56 heavy (non-hydrogen) atoms. The summed E-state index contributed by atoms with van der Waals surface area (Å²) in [7, 11) is 0. The fourth-order valence-corrected chi connectivity index (χ4v) is 9.01. The average molecular weight is 734 g/mol. The quantitative estimate of drug-likeness (QED) is 0.171. The normalized spacial score (nSPS) is 11.6. The summed E-state index contributed by atoms with van der Waals surface area (Å²) >= 11 is 1.86. The van der Waals surface area contributed by atoms with E-state index in [0.29, 0.717) is 17.5 Å².